The number of rotatable bonds is 7. The van der Waals surface area contributed by atoms with Gasteiger partial charge in [0.15, 0.2) is 0 Å². The molecule has 0 saturated heterocycles. The number of para-hydroxylation sites is 3. The van der Waals surface area contributed by atoms with Crippen LogP contribution in [0.15, 0.2) is 218 Å². The molecule has 54 heavy (non-hydrogen) atoms. The molecule has 0 fully saturated rings. The third-order valence-corrected chi connectivity index (χ3v) is 10.9. The van der Waals surface area contributed by atoms with Crippen molar-refractivity contribution >= 4 is 28.0 Å². The van der Waals surface area contributed by atoms with E-state index >= 15 is 0 Å². The molecule has 9 aromatic rings. The Kier molecular flexibility index (Phi) is 7.74. The van der Waals surface area contributed by atoms with Crippen molar-refractivity contribution in [3.63, 3.8) is 0 Å². The maximum Gasteiger partial charge on any atom is 0.0788 e. The largest absolute Gasteiger partial charge is 0.310 e. The van der Waals surface area contributed by atoms with E-state index in [9.17, 15) is 0 Å². The van der Waals surface area contributed by atoms with Gasteiger partial charge < -0.3 is 4.90 Å². The van der Waals surface area contributed by atoms with Gasteiger partial charge in [-0.3, -0.25) is 0 Å². The summed E-state index contributed by atoms with van der Waals surface area (Å²) >= 11 is 0. The second-order valence-electron chi connectivity index (χ2n) is 13.9. The molecule has 0 unspecified atom stereocenters. The van der Waals surface area contributed by atoms with Gasteiger partial charge in [0, 0.05) is 33.5 Å². The van der Waals surface area contributed by atoms with Crippen LogP contribution in [0.2, 0.25) is 0 Å². The van der Waals surface area contributed by atoms with E-state index in [4.69, 9.17) is 4.98 Å². The van der Waals surface area contributed by atoms with Crippen LogP contribution in [0.25, 0.3) is 44.4 Å². The SMILES string of the molecule is c1ccc(-c2nc3ccccc3cc2-c2ccccc2N(c2ccccc2)c2ccc3c(c2)C(c2ccccc2)(c2ccccc2)c2ccccc2-3)cc1. The minimum atomic E-state index is -0.505. The number of nitrogens with zero attached hydrogens (tertiary/aromatic N) is 2. The summed E-state index contributed by atoms with van der Waals surface area (Å²) in [4.78, 5) is 7.73. The lowest BCUT2D eigenvalue weighted by molar-refractivity contribution is 0.768. The zero-order chi connectivity index (χ0) is 35.9. The zero-order valence-corrected chi connectivity index (χ0v) is 29.7. The molecule has 8 aromatic carbocycles. The Morgan fingerprint density at radius 1 is 0.370 bits per heavy atom. The minimum Gasteiger partial charge on any atom is -0.310 e. The minimum absolute atomic E-state index is 0.505. The number of pyridine rings is 1. The van der Waals surface area contributed by atoms with Gasteiger partial charge in [-0.2, -0.15) is 0 Å². The monoisotopic (exact) mass is 688 g/mol. The number of aromatic nitrogens is 1. The predicted octanol–water partition coefficient (Wildman–Crippen LogP) is 13.4. The quantitative estimate of drug-likeness (QED) is 0.166. The zero-order valence-electron chi connectivity index (χ0n) is 29.7. The smallest absolute Gasteiger partial charge is 0.0788 e. The van der Waals surface area contributed by atoms with Gasteiger partial charge in [-0.15, -0.1) is 0 Å². The van der Waals surface area contributed by atoms with E-state index in [1.54, 1.807) is 0 Å². The number of hydrogen-bond donors (Lipinski definition) is 0. The first kappa shape index (κ1) is 31.7. The number of anilines is 3. The van der Waals surface area contributed by atoms with E-state index in [2.05, 4.69) is 223 Å². The van der Waals surface area contributed by atoms with Crippen molar-refractivity contribution in [2.45, 2.75) is 5.41 Å². The van der Waals surface area contributed by atoms with Gasteiger partial charge in [0.1, 0.15) is 0 Å². The molecule has 0 saturated carbocycles. The Labute approximate surface area is 316 Å². The van der Waals surface area contributed by atoms with Crippen molar-refractivity contribution in [1.82, 2.24) is 4.98 Å². The molecule has 0 amide bonds. The number of benzene rings is 8. The highest BCUT2D eigenvalue weighted by molar-refractivity contribution is 5.98. The van der Waals surface area contributed by atoms with E-state index < -0.39 is 5.41 Å². The van der Waals surface area contributed by atoms with Crippen LogP contribution in [-0.2, 0) is 5.41 Å². The average molecular weight is 689 g/mol. The topological polar surface area (TPSA) is 16.1 Å². The average Bonchev–Trinajstić information content (AvgIpc) is 3.55. The van der Waals surface area contributed by atoms with Gasteiger partial charge in [0.05, 0.1) is 22.3 Å². The van der Waals surface area contributed by atoms with Crippen molar-refractivity contribution in [3.8, 4) is 33.5 Å². The standard InChI is InChI=1S/C52H36N2/c1-5-19-37(20-6-1)51-46(35-38-21-13-17-31-49(38)53-51)45-29-15-18-32-50(45)54(41-26-11-4-12-27-41)42-33-34-44-43-28-14-16-30-47(43)52(48(44)36-42,39-22-7-2-8-23-39)40-24-9-3-10-25-40/h1-36H. The Bertz CT molecular complexity index is 2720. The van der Waals surface area contributed by atoms with Gasteiger partial charge >= 0.3 is 0 Å². The van der Waals surface area contributed by atoms with Gasteiger partial charge in [-0.25, -0.2) is 4.98 Å². The lowest BCUT2D eigenvalue weighted by Gasteiger charge is -2.35. The molecular formula is C52H36N2. The highest BCUT2D eigenvalue weighted by atomic mass is 15.1. The summed E-state index contributed by atoms with van der Waals surface area (Å²) < 4.78 is 0. The van der Waals surface area contributed by atoms with E-state index in [1.165, 1.54) is 33.4 Å². The van der Waals surface area contributed by atoms with E-state index in [-0.39, 0.29) is 0 Å². The van der Waals surface area contributed by atoms with Crippen molar-refractivity contribution in [1.29, 1.82) is 0 Å². The van der Waals surface area contributed by atoms with Crippen LogP contribution in [0.3, 0.4) is 0 Å². The van der Waals surface area contributed by atoms with Gasteiger partial charge in [0.25, 0.3) is 0 Å². The molecule has 254 valence electrons. The van der Waals surface area contributed by atoms with Crippen LogP contribution in [0.5, 0.6) is 0 Å². The summed E-state index contributed by atoms with van der Waals surface area (Å²) in [7, 11) is 0. The highest BCUT2D eigenvalue weighted by Gasteiger charge is 2.46. The van der Waals surface area contributed by atoms with Crippen LogP contribution in [0.1, 0.15) is 22.3 Å². The Morgan fingerprint density at radius 3 is 1.65 bits per heavy atom. The van der Waals surface area contributed by atoms with Gasteiger partial charge in [-0.05, 0) is 75.8 Å². The summed E-state index contributed by atoms with van der Waals surface area (Å²) in [5.41, 5.74) is 15.6. The molecule has 1 heterocycles. The van der Waals surface area contributed by atoms with E-state index in [0.717, 1.165) is 50.3 Å². The maximum absolute atomic E-state index is 5.31. The summed E-state index contributed by atoms with van der Waals surface area (Å²) in [5, 5.41) is 1.11. The summed E-state index contributed by atoms with van der Waals surface area (Å²) in [6.07, 6.45) is 0. The van der Waals surface area contributed by atoms with Crippen molar-refractivity contribution in [3.05, 3.63) is 241 Å². The third kappa shape index (κ3) is 5.07. The van der Waals surface area contributed by atoms with Crippen LogP contribution in [0.4, 0.5) is 17.1 Å². The van der Waals surface area contributed by atoms with E-state index in [0.29, 0.717) is 0 Å². The molecule has 0 radical (unpaired) electrons. The lowest BCUT2D eigenvalue weighted by atomic mass is 9.67. The van der Waals surface area contributed by atoms with Crippen LogP contribution < -0.4 is 4.90 Å². The molecule has 0 spiro atoms. The first-order chi connectivity index (χ1) is 26.8. The van der Waals surface area contributed by atoms with E-state index in [1.807, 2.05) is 0 Å². The molecule has 1 aromatic heterocycles. The molecular weight excluding hydrogens is 653 g/mol. The Balaban J connectivity index is 1.25. The Hall–Kier alpha value is -7.03. The van der Waals surface area contributed by atoms with Crippen LogP contribution in [0, 0.1) is 0 Å². The summed E-state index contributed by atoms with van der Waals surface area (Å²) in [6, 6.07) is 78.8. The number of hydrogen-bond acceptors (Lipinski definition) is 2. The second-order valence-corrected chi connectivity index (χ2v) is 13.9. The van der Waals surface area contributed by atoms with Crippen molar-refractivity contribution in [2.24, 2.45) is 0 Å². The Morgan fingerprint density at radius 2 is 0.926 bits per heavy atom. The molecule has 0 atom stereocenters. The third-order valence-electron chi connectivity index (χ3n) is 10.9. The molecule has 1 aliphatic rings. The van der Waals surface area contributed by atoms with Crippen molar-refractivity contribution in [2.75, 3.05) is 4.90 Å². The first-order valence-corrected chi connectivity index (χ1v) is 18.6. The molecule has 2 heteroatoms. The molecule has 0 bridgehead atoms. The normalized spacial score (nSPS) is 12.6. The summed E-state index contributed by atoms with van der Waals surface area (Å²) in [5.74, 6) is 0. The summed E-state index contributed by atoms with van der Waals surface area (Å²) in [6.45, 7) is 0. The van der Waals surface area contributed by atoms with Crippen LogP contribution in [-0.4, -0.2) is 4.98 Å². The fourth-order valence-electron chi connectivity index (χ4n) is 8.61. The van der Waals surface area contributed by atoms with Gasteiger partial charge in [0.2, 0.25) is 0 Å². The predicted molar refractivity (Wildman–Crippen MR) is 225 cm³/mol. The second kappa shape index (κ2) is 13.2. The molecule has 0 N–H and O–H groups in total. The fraction of sp³-hybridized carbons (Fsp3) is 0.0192. The molecule has 0 aliphatic heterocycles. The van der Waals surface area contributed by atoms with Gasteiger partial charge in [-0.1, -0.05) is 176 Å². The van der Waals surface area contributed by atoms with Crippen LogP contribution >= 0.6 is 0 Å². The highest BCUT2D eigenvalue weighted by Crippen LogP contribution is 2.57. The first-order valence-electron chi connectivity index (χ1n) is 18.6. The molecule has 10 rings (SSSR count). The fourth-order valence-corrected chi connectivity index (χ4v) is 8.61. The maximum atomic E-state index is 5.31. The van der Waals surface area contributed by atoms with Crippen molar-refractivity contribution < 1.29 is 0 Å². The molecule has 2 nitrogen and oxygen atoms in total. The number of fused-ring (bicyclic) bond motifs is 4. The molecule has 1 aliphatic carbocycles. The lowest BCUT2D eigenvalue weighted by Crippen LogP contribution is -2.28.